The molecule has 1 atom stereocenters. The summed E-state index contributed by atoms with van der Waals surface area (Å²) in [7, 11) is -4.33. The molecule has 0 saturated heterocycles. The molecule has 0 aliphatic rings. The molecule has 1 heterocycles. The number of benzene rings is 1. The molecule has 130 valence electrons. The van der Waals surface area contributed by atoms with Crippen LogP contribution in [0.2, 0.25) is 0 Å². The van der Waals surface area contributed by atoms with E-state index < -0.39 is 25.8 Å². The van der Waals surface area contributed by atoms with Gasteiger partial charge in [-0.05, 0) is 30.7 Å². The number of nitrogens with zero attached hydrogens (tertiary/aromatic N) is 1. The van der Waals surface area contributed by atoms with E-state index in [2.05, 4.69) is 4.98 Å². The fourth-order valence-electron chi connectivity index (χ4n) is 2.32. The van der Waals surface area contributed by atoms with Crippen molar-refractivity contribution >= 4 is 24.5 Å². The van der Waals surface area contributed by atoms with Gasteiger partial charge in [0.25, 0.3) is 0 Å². The van der Waals surface area contributed by atoms with Crippen molar-refractivity contribution in [2.75, 3.05) is 6.61 Å². The lowest BCUT2D eigenvalue weighted by Gasteiger charge is -2.14. The van der Waals surface area contributed by atoms with Crippen molar-refractivity contribution in [3.63, 3.8) is 0 Å². The lowest BCUT2D eigenvalue weighted by Crippen LogP contribution is -2.33. The molecule has 1 aromatic heterocycles. The Labute approximate surface area is 138 Å². The van der Waals surface area contributed by atoms with Crippen molar-refractivity contribution < 1.29 is 29.0 Å². The summed E-state index contributed by atoms with van der Waals surface area (Å²) in [5.41, 5.74) is 6.64. The number of ether oxygens (including phenoxy) is 1. The summed E-state index contributed by atoms with van der Waals surface area (Å²) in [6, 6.07) is 5.55. The van der Waals surface area contributed by atoms with Gasteiger partial charge in [-0.3, -0.25) is 14.3 Å². The number of carboxylic acids is 1. The molecule has 1 aromatic carbocycles. The number of hydrogen-bond donors (Lipinski definition) is 4. The molecule has 2 aromatic rings. The van der Waals surface area contributed by atoms with Gasteiger partial charge in [-0.15, -0.1) is 0 Å². The summed E-state index contributed by atoms with van der Waals surface area (Å²) < 4.78 is 16.7. The van der Waals surface area contributed by atoms with E-state index in [-0.39, 0.29) is 17.7 Å². The topological polar surface area (TPSA) is 143 Å². The molecule has 0 aliphatic carbocycles. The Kier molecular flexibility index (Phi) is 5.56. The molecule has 8 nitrogen and oxygen atoms in total. The van der Waals surface area contributed by atoms with Crippen LogP contribution in [0.1, 0.15) is 18.2 Å². The molecule has 1 unspecified atom stereocenters. The second kappa shape index (κ2) is 7.27. The first-order valence-electron chi connectivity index (χ1n) is 7.28. The van der Waals surface area contributed by atoms with E-state index in [9.17, 15) is 19.1 Å². The van der Waals surface area contributed by atoms with Gasteiger partial charge in [-0.2, -0.15) is 0 Å². The Hall–Kier alpha value is -1.99. The summed E-state index contributed by atoms with van der Waals surface area (Å²) >= 11 is 0. The molecule has 0 fully saturated rings. The van der Waals surface area contributed by atoms with E-state index in [0.29, 0.717) is 23.3 Å². The summed E-state index contributed by atoms with van der Waals surface area (Å²) in [5, 5.41) is 9.64. The summed E-state index contributed by atoms with van der Waals surface area (Å²) in [4.78, 5) is 33.8. The third-order valence-corrected chi connectivity index (χ3v) is 4.13. The molecule has 24 heavy (non-hydrogen) atoms. The predicted molar refractivity (Wildman–Crippen MR) is 88.0 cm³/mol. The van der Waals surface area contributed by atoms with Crippen LogP contribution in [-0.4, -0.2) is 38.5 Å². The fraction of sp³-hybridized carbons (Fsp3) is 0.333. The molecular formula is C15H19N2O6P. The largest absolute Gasteiger partial charge is 0.494 e. The maximum atomic E-state index is 11.3. The first-order chi connectivity index (χ1) is 11.2. The minimum atomic E-state index is -4.33. The highest BCUT2D eigenvalue weighted by atomic mass is 31.2. The number of aromatic nitrogens is 1. The molecule has 5 N–H and O–H groups in total. The van der Waals surface area contributed by atoms with Gasteiger partial charge < -0.3 is 25.4 Å². The Morgan fingerprint density at radius 2 is 2.08 bits per heavy atom. The Balaban J connectivity index is 2.52. The zero-order valence-corrected chi connectivity index (χ0v) is 13.9. The van der Waals surface area contributed by atoms with Crippen molar-refractivity contribution in [1.29, 1.82) is 0 Å². The number of pyridine rings is 1. The van der Waals surface area contributed by atoms with Crippen molar-refractivity contribution in [3.05, 3.63) is 35.5 Å². The van der Waals surface area contributed by atoms with Crippen LogP contribution in [-0.2, 0) is 21.9 Å². The van der Waals surface area contributed by atoms with Gasteiger partial charge in [0.1, 0.15) is 11.8 Å². The minimum absolute atomic E-state index is 0.126. The van der Waals surface area contributed by atoms with Crippen LogP contribution in [0, 0.1) is 0 Å². The van der Waals surface area contributed by atoms with Crippen LogP contribution in [0.25, 0.3) is 10.9 Å². The Morgan fingerprint density at radius 1 is 1.38 bits per heavy atom. The first kappa shape index (κ1) is 18.4. The van der Waals surface area contributed by atoms with Gasteiger partial charge in [-0.1, -0.05) is 0 Å². The molecular weight excluding hydrogens is 335 g/mol. The normalized spacial score (nSPS) is 13.0. The molecule has 0 amide bonds. The van der Waals surface area contributed by atoms with Crippen LogP contribution in [0.5, 0.6) is 5.75 Å². The third-order valence-electron chi connectivity index (χ3n) is 3.38. The smallest absolute Gasteiger partial charge is 0.329 e. The highest BCUT2D eigenvalue weighted by Crippen LogP contribution is 2.40. The maximum absolute atomic E-state index is 11.3. The van der Waals surface area contributed by atoms with E-state index in [1.807, 2.05) is 6.92 Å². The second-order valence-electron chi connectivity index (χ2n) is 5.35. The number of hydrogen-bond acceptors (Lipinski definition) is 5. The zero-order valence-electron chi connectivity index (χ0n) is 13.0. The SMILES string of the molecule is CCOc1ccc2cc(CP(=O)(O)O)c(CC(N)C(=O)O)nc2c1. The number of fused-ring (bicyclic) bond motifs is 1. The monoisotopic (exact) mass is 354 g/mol. The number of rotatable bonds is 7. The highest BCUT2D eigenvalue weighted by molar-refractivity contribution is 7.50. The third kappa shape index (κ3) is 4.75. The van der Waals surface area contributed by atoms with Crippen molar-refractivity contribution in [2.45, 2.75) is 25.5 Å². The molecule has 0 spiro atoms. The maximum Gasteiger partial charge on any atom is 0.329 e. The molecule has 0 radical (unpaired) electrons. The zero-order chi connectivity index (χ0) is 17.9. The molecule has 0 aliphatic heterocycles. The van der Waals surface area contributed by atoms with Crippen molar-refractivity contribution in [2.24, 2.45) is 5.73 Å². The van der Waals surface area contributed by atoms with Crippen LogP contribution >= 0.6 is 7.60 Å². The van der Waals surface area contributed by atoms with Gasteiger partial charge >= 0.3 is 13.6 Å². The van der Waals surface area contributed by atoms with Crippen LogP contribution in [0.3, 0.4) is 0 Å². The second-order valence-corrected chi connectivity index (χ2v) is 7.00. The molecule has 2 rings (SSSR count). The molecule has 0 saturated carbocycles. The Bertz CT molecular complexity index is 804. The van der Waals surface area contributed by atoms with E-state index in [4.69, 9.17) is 15.6 Å². The van der Waals surface area contributed by atoms with Crippen LogP contribution in [0.15, 0.2) is 24.3 Å². The standard InChI is InChI=1S/C15H19N2O6P/c1-2-23-11-4-3-9-5-10(8-24(20,21)22)14(17-13(9)6-11)7-12(16)15(18)19/h3-6,12H,2,7-8,16H2,1H3,(H,18,19)(H2,20,21,22). The first-order valence-corrected chi connectivity index (χ1v) is 9.07. The van der Waals surface area contributed by atoms with Crippen LogP contribution < -0.4 is 10.5 Å². The number of aliphatic carboxylic acids is 1. The van der Waals surface area contributed by atoms with Gasteiger partial charge in [0.15, 0.2) is 0 Å². The summed E-state index contributed by atoms with van der Waals surface area (Å²) in [5.74, 6) is -0.601. The average Bonchev–Trinajstić information content (AvgIpc) is 2.46. The van der Waals surface area contributed by atoms with E-state index >= 15 is 0 Å². The Morgan fingerprint density at radius 3 is 2.67 bits per heavy atom. The summed E-state index contributed by atoms with van der Waals surface area (Å²) in [6.45, 7) is 2.33. The van der Waals surface area contributed by atoms with Gasteiger partial charge in [0, 0.05) is 23.6 Å². The van der Waals surface area contributed by atoms with E-state index in [0.717, 1.165) is 0 Å². The summed E-state index contributed by atoms with van der Waals surface area (Å²) in [6.07, 6.45) is -0.649. The predicted octanol–water partition coefficient (Wildman–Crippen LogP) is 1.27. The van der Waals surface area contributed by atoms with E-state index in [1.54, 1.807) is 24.3 Å². The van der Waals surface area contributed by atoms with Crippen LogP contribution in [0.4, 0.5) is 0 Å². The number of nitrogens with two attached hydrogens (primary N) is 1. The van der Waals surface area contributed by atoms with Crippen molar-refractivity contribution in [1.82, 2.24) is 4.98 Å². The highest BCUT2D eigenvalue weighted by Gasteiger charge is 2.21. The average molecular weight is 354 g/mol. The van der Waals surface area contributed by atoms with Gasteiger partial charge in [-0.25, -0.2) is 0 Å². The quantitative estimate of drug-likeness (QED) is 0.544. The number of carbonyl (C=O) groups is 1. The minimum Gasteiger partial charge on any atom is -0.494 e. The van der Waals surface area contributed by atoms with E-state index in [1.165, 1.54) is 0 Å². The van der Waals surface area contributed by atoms with Crippen molar-refractivity contribution in [3.8, 4) is 5.75 Å². The lowest BCUT2D eigenvalue weighted by molar-refractivity contribution is -0.138. The lowest BCUT2D eigenvalue weighted by atomic mass is 10.0. The number of carboxylic acid groups (broad SMARTS) is 1. The molecule has 9 heteroatoms. The molecule has 0 bridgehead atoms. The fourth-order valence-corrected chi connectivity index (χ4v) is 3.04. The van der Waals surface area contributed by atoms with Gasteiger partial charge in [0.05, 0.1) is 18.3 Å². The van der Waals surface area contributed by atoms with Gasteiger partial charge in [0.2, 0.25) is 0 Å².